The Bertz CT molecular complexity index is 672. The largest absolute Gasteiger partial charge is 0.416 e. The third-order valence-electron chi connectivity index (χ3n) is 3.70. The zero-order valence-corrected chi connectivity index (χ0v) is 11.6. The average molecular weight is 331 g/mol. The van der Waals surface area contributed by atoms with Gasteiger partial charge in [-0.15, -0.1) is 0 Å². The molecule has 0 aromatic heterocycles. The molecule has 1 heterocycles. The average Bonchev–Trinajstić information content (AvgIpc) is 3.26. The van der Waals surface area contributed by atoms with E-state index in [0.717, 1.165) is 17.7 Å². The lowest BCUT2D eigenvalue weighted by molar-refractivity contribution is -0.143. The fourth-order valence-electron chi connectivity index (χ4n) is 2.49. The molecule has 0 spiro atoms. The number of halogens is 6. The maximum absolute atomic E-state index is 12.9. The zero-order valence-electron chi connectivity index (χ0n) is 11.6. The van der Waals surface area contributed by atoms with Crippen molar-refractivity contribution in [2.24, 2.45) is 0 Å². The van der Waals surface area contributed by atoms with Crippen LogP contribution in [0.1, 0.15) is 22.7 Å². The molecule has 0 bridgehead atoms. The summed E-state index contributed by atoms with van der Waals surface area (Å²) in [5, 5.41) is 0. The minimum absolute atomic E-state index is 0.0685. The van der Waals surface area contributed by atoms with E-state index in [4.69, 9.17) is 0 Å². The lowest BCUT2D eigenvalue weighted by Crippen LogP contribution is -2.12. The number of hydrogen-bond acceptors (Lipinski definition) is 1. The molecule has 0 N–H and O–H groups in total. The molecule has 1 nitrogen and oxygen atoms in total. The number of rotatable bonds is 2. The SMILES string of the molecule is FC(F)(F)c1cc(N2CC2c2ccccc2)cc(C(F)(F)F)c1. The monoisotopic (exact) mass is 331 g/mol. The predicted octanol–water partition coefficient (Wildman–Crippen LogP) is 5.29. The Morgan fingerprint density at radius 2 is 1.30 bits per heavy atom. The van der Waals surface area contributed by atoms with Gasteiger partial charge < -0.3 is 4.90 Å². The molecule has 1 atom stereocenters. The Kier molecular flexibility index (Phi) is 3.54. The predicted molar refractivity (Wildman–Crippen MR) is 73.0 cm³/mol. The van der Waals surface area contributed by atoms with E-state index in [1.807, 2.05) is 0 Å². The third-order valence-corrected chi connectivity index (χ3v) is 3.70. The normalized spacial score (nSPS) is 18.2. The van der Waals surface area contributed by atoms with E-state index < -0.39 is 23.5 Å². The second-order valence-electron chi connectivity index (χ2n) is 5.34. The minimum atomic E-state index is -4.83. The summed E-state index contributed by atoms with van der Waals surface area (Å²) < 4.78 is 77.1. The number of anilines is 1. The first kappa shape index (κ1) is 15.7. The minimum Gasteiger partial charge on any atom is -0.360 e. The van der Waals surface area contributed by atoms with Crippen molar-refractivity contribution in [3.63, 3.8) is 0 Å². The summed E-state index contributed by atoms with van der Waals surface area (Å²) in [5.74, 6) is 0. The van der Waals surface area contributed by atoms with Crippen molar-refractivity contribution in [2.45, 2.75) is 18.4 Å². The van der Waals surface area contributed by atoms with Gasteiger partial charge in [-0.05, 0) is 23.8 Å². The molecule has 0 radical (unpaired) electrons. The van der Waals surface area contributed by atoms with E-state index >= 15 is 0 Å². The van der Waals surface area contributed by atoms with Crippen LogP contribution in [0.25, 0.3) is 0 Å². The van der Waals surface area contributed by atoms with Crippen molar-refractivity contribution in [1.82, 2.24) is 0 Å². The molecule has 2 aromatic carbocycles. The maximum Gasteiger partial charge on any atom is 0.416 e. The van der Waals surface area contributed by atoms with Crippen molar-refractivity contribution >= 4 is 5.69 Å². The third kappa shape index (κ3) is 3.28. The number of nitrogens with zero attached hydrogens (tertiary/aromatic N) is 1. The van der Waals surface area contributed by atoms with E-state index in [1.54, 1.807) is 30.3 Å². The van der Waals surface area contributed by atoms with Crippen LogP contribution < -0.4 is 4.90 Å². The van der Waals surface area contributed by atoms with Gasteiger partial charge in [-0.1, -0.05) is 30.3 Å². The van der Waals surface area contributed by atoms with Gasteiger partial charge in [0.25, 0.3) is 0 Å². The lowest BCUT2D eigenvalue weighted by Gasteiger charge is -2.15. The van der Waals surface area contributed by atoms with Crippen LogP contribution in [0.4, 0.5) is 32.0 Å². The van der Waals surface area contributed by atoms with Crippen molar-refractivity contribution in [1.29, 1.82) is 0 Å². The van der Waals surface area contributed by atoms with E-state index in [1.165, 1.54) is 4.90 Å². The number of benzene rings is 2. The topological polar surface area (TPSA) is 3.01 Å². The van der Waals surface area contributed by atoms with Gasteiger partial charge in [0.2, 0.25) is 0 Å². The highest BCUT2D eigenvalue weighted by Gasteiger charge is 2.41. The van der Waals surface area contributed by atoms with Crippen molar-refractivity contribution < 1.29 is 26.3 Å². The molecule has 1 unspecified atom stereocenters. The number of hydrogen-bond donors (Lipinski definition) is 0. The summed E-state index contributed by atoms with van der Waals surface area (Å²) in [6.07, 6.45) is -9.65. The van der Waals surface area contributed by atoms with Crippen LogP contribution in [0.15, 0.2) is 48.5 Å². The van der Waals surface area contributed by atoms with Crippen molar-refractivity contribution in [3.8, 4) is 0 Å². The maximum atomic E-state index is 12.9. The Labute approximate surface area is 128 Å². The first-order valence-electron chi connectivity index (χ1n) is 6.77. The first-order chi connectivity index (χ1) is 10.7. The van der Waals surface area contributed by atoms with Crippen molar-refractivity contribution in [2.75, 3.05) is 11.4 Å². The second-order valence-corrected chi connectivity index (χ2v) is 5.34. The molecule has 122 valence electrons. The van der Waals surface area contributed by atoms with Gasteiger partial charge in [0.1, 0.15) is 0 Å². The smallest absolute Gasteiger partial charge is 0.360 e. The van der Waals surface area contributed by atoms with Crippen LogP contribution in [-0.2, 0) is 12.4 Å². The standard InChI is InChI=1S/C16H11F6N/c17-15(18,19)11-6-12(16(20,21)22)8-13(7-11)23-9-14(23)10-4-2-1-3-5-10/h1-8,14H,9H2. The van der Waals surface area contributed by atoms with Crippen LogP contribution in [0.2, 0.25) is 0 Å². The summed E-state index contributed by atoms with van der Waals surface area (Å²) in [7, 11) is 0. The first-order valence-corrected chi connectivity index (χ1v) is 6.77. The molecule has 0 amide bonds. The molecular weight excluding hydrogens is 320 g/mol. The fourth-order valence-corrected chi connectivity index (χ4v) is 2.49. The van der Waals surface area contributed by atoms with Gasteiger partial charge in [-0.2, -0.15) is 26.3 Å². The molecule has 0 aliphatic carbocycles. The summed E-state index contributed by atoms with van der Waals surface area (Å²) in [5.41, 5.74) is -1.79. The molecule has 0 saturated carbocycles. The lowest BCUT2D eigenvalue weighted by atomic mass is 10.1. The van der Waals surface area contributed by atoms with E-state index in [0.29, 0.717) is 6.54 Å². The molecule has 3 rings (SSSR count). The molecule has 1 fully saturated rings. The van der Waals surface area contributed by atoms with Gasteiger partial charge in [-0.3, -0.25) is 0 Å². The Balaban J connectivity index is 1.97. The van der Waals surface area contributed by atoms with Crippen LogP contribution in [0, 0.1) is 0 Å². The van der Waals surface area contributed by atoms with Crippen molar-refractivity contribution in [3.05, 3.63) is 65.2 Å². The van der Waals surface area contributed by atoms with Crippen LogP contribution >= 0.6 is 0 Å². The summed E-state index contributed by atoms with van der Waals surface area (Å²) in [6.45, 7) is 0.391. The highest BCUT2D eigenvalue weighted by Crippen LogP contribution is 2.44. The Morgan fingerprint density at radius 1 is 0.783 bits per heavy atom. The van der Waals surface area contributed by atoms with Crippen LogP contribution in [-0.4, -0.2) is 6.54 Å². The van der Waals surface area contributed by atoms with E-state index in [2.05, 4.69) is 0 Å². The fraction of sp³-hybridized carbons (Fsp3) is 0.250. The van der Waals surface area contributed by atoms with Gasteiger partial charge in [0.05, 0.1) is 17.2 Å². The van der Waals surface area contributed by atoms with E-state index in [9.17, 15) is 26.3 Å². The number of alkyl halides is 6. The van der Waals surface area contributed by atoms with Crippen LogP contribution in [0.3, 0.4) is 0 Å². The summed E-state index contributed by atoms with van der Waals surface area (Å²) in [4.78, 5) is 1.51. The van der Waals surface area contributed by atoms with Gasteiger partial charge >= 0.3 is 12.4 Å². The molecule has 7 heteroatoms. The summed E-state index contributed by atoms with van der Waals surface area (Å²) in [6, 6.07) is 10.4. The molecule has 23 heavy (non-hydrogen) atoms. The highest BCUT2D eigenvalue weighted by molar-refractivity contribution is 5.60. The van der Waals surface area contributed by atoms with Gasteiger partial charge in [0.15, 0.2) is 0 Å². The van der Waals surface area contributed by atoms with Gasteiger partial charge in [-0.25, -0.2) is 0 Å². The Hall–Kier alpha value is -2.18. The van der Waals surface area contributed by atoms with E-state index in [-0.39, 0.29) is 17.8 Å². The second kappa shape index (κ2) is 5.18. The quantitative estimate of drug-likeness (QED) is 0.534. The molecule has 1 aliphatic heterocycles. The molecular formula is C16H11F6N. The Morgan fingerprint density at radius 3 is 1.78 bits per heavy atom. The molecule has 1 saturated heterocycles. The summed E-state index contributed by atoms with van der Waals surface area (Å²) >= 11 is 0. The van der Waals surface area contributed by atoms with Gasteiger partial charge in [0, 0.05) is 12.2 Å². The zero-order chi connectivity index (χ0) is 16.8. The molecule has 2 aromatic rings. The molecule has 1 aliphatic rings. The van der Waals surface area contributed by atoms with Crippen LogP contribution in [0.5, 0.6) is 0 Å². The highest BCUT2D eigenvalue weighted by atomic mass is 19.4.